The Hall–Kier alpha value is -2.67. The minimum Gasteiger partial charge on any atom is -0.420 e. The molecule has 1 aromatic carbocycles. The van der Waals surface area contributed by atoms with Gasteiger partial charge in [0.05, 0.1) is 28.0 Å². The molecule has 0 spiro atoms. The lowest BCUT2D eigenvalue weighted by atomic mass is 9.97. The van der Waals surface area contributed by atoms with Crippen LogP contribution in [0.15, 0.2) is 28.9 Å². The number of benzene rings is 1. The minimum atomic E-state index is -0.0642. The standard InChI is InChI=1S/C16H12ClN5O2/c1-8-19-20-15(24-8)13-14-11-5-6-21(11)16(23)12-9(17)3-2-4-10(12)22(14)7-18-13/h2-4,7,11H,5-6H2,1H3/t11-/m1/s1. The molecule has 24 heavy (non-hydrogen) atoms. The molecule has 2 aromatic heterocycles. The van der Waals surface area contributed by atoms with Crippen molar-refractivity contribution in [1.29, 1.82) is 0 Å². The first-order chi connectivity index (χ1) is 11.6. The highest BCUT2D eigenvalue weighted by atomic mass is 35.5. The molecule has 3 aromatic rings. The maximum absolute atomic E-state index is 12.9. The number of hydrogen-bond donors (Lipinski definition) is 0. The highest BCUT2D eigenvalue weighted by Gasteiger charge is 2.43. The van der Waals surface area contributed by atoms with Crippen molar-refractivity contribution in [2.75, 3.05) is 6.54 Å². The molecule has 1 saturated heterocycles. The monoisotopic (exact) mass is 341 g/mol. The molecule has 1 fully saturated rings. The molecule has 0 bridgehead atoms. The Kier molecular flexibility index (Phi) is 2.67. The van der Waals surface area contributed by atoms with E-state index in [1.165, 1.54) is 0 Å². The van der Waals surface area contributed by atoms with Gasteiger partial charge < -0.3 is 9.32 Å². The quantitative estimate of drug-likeness (QED) is 0.680. The van der Waals surface area contributed by atoms with Crippen LogP contribution in [-0.4, -0.2) is 37.1 Å². The Morgan fingerprint density at radius 3 is 2.92 bits per heavy atom. The van der Waals surface area contributed by atoms with Crippen LogP contribution in [0.5, 0.6) is 0 Å². The number of fused-ring (bicyclic) bond motifs is 5. The van der Waals surface area contributed by atoms with E-state index in [4.69, 9.17) is 16.0 Å². The van der Waals surface area contributed by atoms with E-state index in [-0.39, 0.29) is 11.9 Å². The molecule has 0 saturated carbocycles. The van der Waals surface area contributed by atoms with E-state index in [9.17, 15) is 4.79 Å². The lowest BCUT2D eigenvalue weighted by molar-refractivity contribution is 0.0461. The number of halogens is 1. The fraction of sp³-hybridized carbons (Fsp3) is 0.250. The molecule has 2 aliphatic rings. The molecular weight excluding hydrogens is 330 g/mol. The molecule has 120 valence electrons. The summed E-state index contributed by atoms with van der Waals surface area (Å²) < 4.78 is 7.47. The number of nitrogens with zero attached hydrogens (tertiary/aromatic N) is 5. The zero-order valence-corrected chi connectivity index (χ0v) is 13.5. The van der Waals surface area contributed by atoms with E-state index in [0.29, 0.717) is 34.6 Å². The first kappa shape index (κ1) is 13.7. The van der Waals surface area contributed by atoms with Crippen LogP contribution < -0.4 is 0 Å². The number of aryl methyl sites for hydroxylation is 1. The Morgan fingerprint density at radius 2 is 2.21 bits per heavy atom. The van der Waals surface area contributed by atoms with E-state index in [1.54, 1.807) is 19.3 Å². The Bertz CT molecular complexity index is 992. The summed E-state index contributed by atoms with van der Waals surface area (Å²) in [6.07, 6.45) is 2.55. The number of hydrogen-bond acceptors (Lipinski definition) is 5. The van der Waals surface area contributed by atoms with E-state index in [0.717, 1.165) is 17.8 Å². The zero-order chi connectivity index (χ0) is 16.4. The van der Waals surface area contributed by atoms with Crippen molar-refractivity contribution in [1.82, 2.24) is 24.6 Å². The van der Waals surface area contributed by atoms with E-state index >= 15 is 0 Å². The third-order valence-electron chi connectivity index (χ3n) is 4.59. The van der Waals surface area contributed by atoms with Gasteiger partial charge in [-0.3, -0.25) is 9.36 Å². The molecule has 7 nitrogen and oxygen atoms in total. The molecule has 0 unspecified atom stereocenters. The lowest BCUT2D eigenvalue weighted by Gasteiger charge is -2.39. The second-order valence-electron chi connectivity index (χ2n) is 5.91. The van der Waals surface area contributed by atoms with Crippen LogP contribution >= 0.6 is 11.6 Å². The molecule has 8 heteroatoms. The highest BCUT2D eigenvalue weighted by Crippen LogP contribution is 2.44. The Labute approximate surface area is 141 Å². The van der Waals surface area contributed by atoms with Crippen molar-refractivity contribution >= 4 is 17.5 Å². The predicted octanol–water partition coefficient (Wildman–Crippen LogP) is 2.78. The summed E-state index contributed by atoms with van der Waals surface area (Å²) in [6.45, 7) is 2.43. The van der Waals surface area contributed by atoms with Crippen LogP contribution in [0.2, 0.25) is 5.02 Å². The molecule has 5 rings (SSSR count). The molecule has 0 radical (unpaired) electrons. The Morgan fingerprint density at radius 1 is 1.33 bits per heavy atom. The SMILES string of the molecule is Cc1nnc(-c2ncn3c2[C@H]2CCN2C(=O)c2c(Cl)cccc2-3)o1. The smallest absolute Gasteiger partial charge is 0.268 e. The average molecular weight is 342 g/mol. The number of amides is 1. The minimum absolute atomic E-state index is 0.0526. The van der Waals surface area contributed by atoms with Crippen molar-refractivity contribution in [3.05, 3.63) is 46.7 Å². The van der Waals surface area contributed by atoms with Gasteiger partial charge in [-0.05, 0) is 18.6 Å². The van der Waals surface area contributed by atoms with Crippen LogP contribution in [0.1, 0.15) is 34.4 Å². The van der Waals surface area contributed by atoms with Gasteiger partial charge in [-0.25, -0.2) is 4.98 Å². The summed E-state index contributed by atoms with van der Waals surface area (Å²) in [7, 11) is 0. The fourth-order valence-corrected chi connectivity index (χ4v) is 3.66. The van der Waals surface area contributed by atoms with Crippen molar-refractivity contribution in [3.8, 4) is 17.3 Å². The number of aromatic nitrogens is 4. The number of carbonyl (C=O) groups is 1. The predicted molar refractivity (Wildman–Crippen MR) is 85.0 cm³/mol. The van der Waals surface area contributed by atoms with E-state index < -0.39 is 0 Å². The molecule has 4 heterocycles. The van der Waals surface area contributed by atoms with Crippen molar-refractivity contribution < 1.29 is 9.21 Å². The highest BCUT2D eigenvalue weighted by molar-refractivity contribution is 6.34. The largest absolute Gasteiger partial charge is 0.420 e. The van der Waals surface area contributed by atoms with Gasteiger partial charge in [0.2, 0.25) is 5.89 Å². The van der Waals surface area contributed by atoms with Gasteiger partial charge in [0.1, 0.15) is 6.33 Å². The second-order valence-corrected chi connectivity index (χ2v) is 6.32. The van der Waals surface area contributed by atoms with Gasteiger partial charge >= 0.3 is 0 Å². The molecule has 1 amide bonds. The summed E-state index contributed by atoms with van der Waals surface area (Å²) in [4.78, 5) is 19.2. The van der Waals surface area contributed by atoms with Crippen molar-refractivity contribution in [3.63, 3.8) is 0 Å². The van der Waals surface area contributed by atoms with Crippen molar-refractivity contribution in [2.45, 2.75) is 19.4 Å². The van der Waals surface area contributed by atoms with Crippen molar-refractivity contribution in [2.24, 2.45) is 0 Å². The summed E-state index contributed by atoms with van der Waals surface area (Å²) >= 11 is 6.32. The summed E-state index contributed by atoms with van der Waals surface area (Å²) in [5.74, 6) is 0.791. The van der Waals surface area contributed by atoms with Crippen LogP contribution in [-0.2, 0) is 0 Å². The normalized spacial score (nSPS) is 18.5. The fourth-order valence-electron chi connectivity index (χ4n) is 3.41. The summed E-state index contributed by atoms with van der Waals surface area (Å²) in [6, 6.07) is 5.37. The van der Waals surface area contributed by atoms with Crippen LogP contribution in [0, 0.1) is 6.92 Å². The van der Waals surface area contributed by atoms with Gasteiger partial charge in [0, 0.05) is 13.5 Å². The lowest BCUT2D eigenvalue weighted by Crippen LogP contribution is -2.44. The third-order valence-corrected chi connectivity index (χ3v) is 4.91. The van der Waals surface area contributed by atoms with Crippen LogP contribution in [0.3, 0.4) is 0 Å². The number of imidazole rings is 1. The second kappa shape index (κ2) is 4.67. The molecule has 0 aliphatic carbocycles. The van der Waals surface area contributed by atoms with Gasteiger partial charge in [0.25, 0.3) is 11.8 Å². The maximum Gasteiger partial charge on any atom is 0.268 e. The van der Waals surface area contributed by atoms with E-state index in [2.05, 4.69) is 15.2 Å². The van der Waals surface area contributed by atoms with E-state index in [1.807, 2.05) is 21.6 Å². The maximum atomic E-state index is 12.9. The molecule has 0 N–H and O–H groups in total. The molecular formula is C16H12ClN5O2. The average Bonchev–Trinajstić information content (AvgIpc) is 3.10. The zero-order valence-electron chi connectivity index (χ0n) is 12.7. The van der Waals surface area contributed by atoms with Crippen LogP contribution in [0.4, 0.5) is 0 Å². The summed E-state index contributed by atoms with van der Waals surface area (Å²) in [5.41, 5.74) is 2.74. The van der Waals surface area contributed by atoms with Crippen LogP contribution in [0.25, 0.3) is 17.3 Å². The van der Waals surface area contributed by atoms with Gasteiger partial charge in [0.15, 0.2) is 5.69 Å². The van der Waals surface area contributed by atoms with Gasteiger partial charge in [-0.15, -0.1) is 10.2 Å². The first-order valence-electron chi connectivity index (χ1n) is 7.62. The first-order valence-corrected chi connectivity index (χ1v) is 8.00. The third kappa shape index (κ3) is 1.67. The Balaban J connectivity index is 1.81. The van der Waals surface area contributed by atoms with Gasteiger partial charge in [-0.2, -0.15) is 0 Å². The number of rotatable bonds is 1. The topological polar surface area (TPSA) is 77.1 Å². The summed E-state index contributed by atoms with van der Waals surface area (Å²) in [5, 5.41) is 8.41. The van der Waals surface area contributed by atoms with Gasteiger partial charge in [-0.1, -0.05) is 17.7 Å². The molecule has 1 atom stereocenters. The number of carbonyl (C=O) groups excluding carboxylic acids is 1. The molecule has 2 aliphatic heterocycles.